The molecule has 1 aromatic carbocycles. The molecule has 7 aliphatic rings. The number of phenols is 2. The molecule has 0 amide bonds. The SMILES string of the molecule is CC1OC2c3c(O)c4c(c(O)c3C23C(O)C13O)C1OC1C1=C(C4=O)[C@@H]2OC(=O)C[C@@H]2O[C@H]1C. The van der Waals surface area contributed by atoms with Gasteiger partial charge < -0.3 is 39.4 Å². The van der Waals surface area contributed by atoms with E-state index in [1.807, 2.05) is 0 Å². The van der Waals surface area contributed by atoms with E-state index in [0.29, 0.717) is 5.57 Å². The van der Waals surface area contributed by atoms with Crippen molar-refractivity contribution in [3.8, 4) is 11.5 Å². The van der Waals surface area contributed by atoms with E-state index in [0.717, 1.165) is 0 Å². The zero-order valence-electron chi connectivity index (χ0n) is 17.6. The van der Waals surface area contributed by atoms with Crippen molar-refractivity contribution in [3.63, 3.8) is 0 Å². The normalized spacial score (nSPS) is 49.5. The van der Waals surface area contributed by atoms with Gasteiger partial charge in [-0.05, 0) is 13.8 Å². The molecule has 3 saturated heterocycles. The lowest BCUT2D eigenvalue weighted by molar-refractivity contribution is -0.140. The van der Waals surface area contributed by atoms with E-state index in [4.69, 9.17) is 18.9 Å². The molecule has 10 atom stereocenters. The standard InChI is InChI=1S/C23H20O10/c1-4-8-10(17-6(30-4)3-7(24)32-17)14(25)9-11(19-18(8)33-19)16(27)13-12(15(9)26)20-22(13)21(28)23(22,29)5(2)31-20/h4-6,17-21,26-29H,3H2,1-2H3/t4-,5?,6-,17+,18?,19?,20?,21?,22?,23?/m0/s1. The first-order valence-electron chi connectivity index (χ1n) is 11.1. The maximum Gasteiger partial charge on any atom is 0.309 e. The molecule has 0 radical (unpaired) electrons. The summed E-state index contributed by atoms with van der Waals surface area (Å²) in [6, 6.07) is 0. The number of hydrogen-bond donors (Lipinski definition) is 4. The summed E-state index contributed by atoms with van der Waals surface area (Å²) in [7, 11) is 0. The number of aromatic hydroxyl groups is 2. The number of ether oxygens (including phenoxy) is 4. The summed E-state index contributed by atoms with van der Waals surface area (Å²) in [6.45, 7) is 3.39. The van der Waals surface area contributed by atoms with Crippen LogP contribution >= 0.6 is 0 Å². The smallest absolute Gasteiger partial charge is 0.309 e. The van der Waals surface area contributed by atoms with E-state index in [1.165, 1.54) is 0 Å². The molecule has 1 aromatic rings. The van der Waals surface area contributed by atoms with Gasteiger partial charge in [0.15, 0.2) is 11.9 Å². The first kappa shape index (κ1) is 18.9. The predicted octanol–water partition coefficient (Wildman–Crippen LogP) is -0.0498. The minimum atomic E-state index is -1.58. The number of phenolic OH excluding ortho intramolecular Hbond substituents is 2. The van der Waals surface area contributed by atoms with E-state index >= 15 is 0 Å². The average Bonchev–Trinajstić information content (AvgIpc) is 3.56. The van der Waals surface area contributed by atoms with E-state index in [9.17, 15) is 30.0 Å². The lowest BCUT2D eigenvalue weighted by Crippen LogP contribution is -2.41. The second-order valence-corrected chi connectivity index (χ2v) is 10.1. The zero-order chi connectivity index (χ0) is 22.9. The number of benzene rings is 1. The third-order valence-corrected chi connectivity index (χ3v) is 8.93. The summed E-state index contributed by atoms with van der Waals surface area (Å²) >= 11 is 0. The van der Waals surface area contributed by atoms with Gasteiger partial charge in [-0.25, -0.2) is 0 Å². The Morgan fingerprint density at radius 2 is 1.73 bits per heavy atom. The lowest BCUT2D eigenvalue weighted by atomic mass is 9.66. The first-order chi connectivity index (χ1) is 15.7. The van der Waals surface area contributed by atoms with Crippen molar-refractivity contribution >= 4 is 11.8 Å². The van der Waals surface area contributed by atoms with Crippen LogP contribution in [-0.4, -0.2) is 74.4 Å². The van der Waals surface area contributed by atoms with Crippen LogP contribution in [0.1, 0.15) is 59.5 Å². The molecule has 33 heavy (non-hydrogen) atoms. The Morgan fingerprint density at radius 3 is 2.45 bits per heavy atom. The van der Waals surface area contributed by atoms with Crippen LogP contribution in [0.5, 0.6) is 11.5 Å². The average molecular weight is 456 g/mol. The van der Waals surface area contributed by atoms with Crippen LogP contribution in [0.4, 0.5) is 0 Å². The highest BCUT2D eigenvalue weighted by Crippen LogP contribution is 2.81. The maximum absolute atomic E-state index is 13.9. The molecule has 1 saturated carbocycles. The first-order valence-corrected chi connectivity index (χ1v) is 11.1. The molecule has 4 N–H and O–H groups in total. The van der Waals surface area contributed by atoms with Crippen LogP contribution in [-0.2, 0) is 29.2 Å². The molecule has 8 rings (SSSR count). The van der Waals surface area contributed by atoms with E-state index in [1.54, 1.807) is 13.8 Å². The predicted molar refractivity (Wildman–Crippen MR) is 103 cm³/mol. The molecule has 172 valence electrons. The number of hydrogen-bond acceptors (Lipinski definition) is 10. The highest BCUT2D eigenvalue weighted by atomic mass is 16.6. The van der Waals surface area contributed by atoms with Crippen LogP contribution in [0, 0.1) is 0 Å². The second kappa shape index (κ2) is 5.11. The number of epoxide rings is 1. The van der Waals surface area contributed by atoms with Crippen molar-refractivity contribution in [1.82, 2.24) is 0 Å². The molecule has 4 heterocycles. The van der Waals surface area contributed by atoms with E-state index in [-0.39, 0.29) is 45.7 Å². The molecule has 4 fully saturated rings. The molecule has 1 spiro atoms. The van der Waals surface area contributed by atoms with Gasteiger partial charge in [0.1, 0.15) is 47.6 Å². The van der Waals surface area contributed by atoms with Crippen molar-refractivity contribution < 1.29 is 49.0 Å². The molecule has 4 aliphatic heterocycles. The quantitative estimate of drug-likeness (QED) is 0.237. The highest BCUT2D eigenvalue weighted by Gasteiger charge is 2.92. The molecule has 10 nitrogen and oxygen atoms in total. The Morgan fingerprint density at radius 1 is 0.970 bits per heavy atom. The fourth-order valence-corrected chi connectivity index (χ4v) is 7.41. The van der Waals surface area contributed by atoms with Crippen LogP contribution in [0.25, 0.3) is 0 Å². The third-order valence-electron chi connectivity index (χ3n) is 8.93. The zero-order valence-corrected chi connectivity index (χ0v) is 17.6. The summed E-state index contributed by atoms with van der Waals surface area (Å²) in [5.74, 6) is -1.67. The van der Waals surface area contributed by atoms with Gasteiger partial charge in [0, 0.05) is 27.8 Å². The van der Waals surface area contributed by atoms with Gasteiger partial charge in [-0.3, -0.25) is 9.59 Å². The summed E-state index contributed by atoms with van der Waals surface area (Å²) in [6.07, 6.45) is -6.07. The van der Waals surface area contributed by atoms with E-state index in [2.05, 4.69) is 0 Å². The van der Waals surface area contributed by atoms with Gasteiger partial charge in [0.25, 0.3) is 0 Å². The topological polar surface area (TPSA) is 155 Å². The number of Topliss-reactive ketones (excluding diaryl/α,β-unsaturated/α-hetero) is 1. The molecular formula is C23H20O10. The third kappa shape index (κ3) is 1.64. The molecule has 3 aliphatic carbocycles. The number of ketones is 1. The molecule has 7 unspecified atom stereocenters. The Hall–Kier alpha value is -2.50. The summed E-state index contributed by atoms with van der Waals surface area (Å²) in [5.41, 5.74) is -1.64. The van der Waals surface area contributed by atoms with Gasteiger partial charge in [0.05, 0.1) is 29.6 Å². The van der Waals surface area contributed by atoms with Gasteiger partial charge in [-0.2, -0.15) is 0 Å². The largest absolute Gasteiger partial charge is 0.507 e. The number of carbonyl (C=O) groups is 2. The van der Waals surface area contributed by atoms with Gasteiger partial charge >= 0.3 is 5.97 Å². The monoisotopic (exact) mass is 456 g/mol. The Balaban J connectivity index is 1.37. The summed E-state index contributed by atoms with van der Waals surface area (Å²) in [4.78, 5) is 25.9. The molecule has 0 bridgehead atoms. The van der Waals surface area contributed by atoms with Crippen molar-refractivity contribution in [2.45, 2.75) is 80.1 Å². The molecular weight excluding hydrogens is 436 g/mol. The summed E-state index contributed by atoms with van der Waals surface area (Å²) < 4.78 is 23.1. The second-order valence-electron chi connectivity index (χ2n) is 10.1. The fraction of sp³-hybridized carbons (Fsp3) is 0.565. The van der Waals surface area contributed by atoms with Crippen molar-refractivity contribution in [3.05, 3.63) is 33.4 Å². The van der Waals surface area contributed by atoms with Gasteiger partial charge in [0.2, 0.25) is 0 Å². The Kier molecular flexibility index (Phi) is 2.92. The molecule has 0 aromatic heterocycles. The van der Waals surface area contributed by atoms with Crippen LogP contribution in [0.15, 0.2) is 11.1 Å². The Bertz CT molecular complexity index is 1280. The van der Waals surface area contributed by atoms with Crippen LogP contribution < -0.4 is 0 Å². The molecule has 10 heteroatoms. The fourth-order valence-electron chi connectivity index (χ4n) is 7.41. The van der Waals surface area contributed by atoms with Gasteiger partial charge in [-0.15, -0.1) is 0 Å². The number of carbonyl (C=O) groups excluding carboxylic acids is 2. The number of esters is 1. The number of rotatable bonds is 0. The number of fused-ring (bicyclic) bond motifs is 8. The minimum absolute atomic E-state index is 0.0229. The number of aliphatic hydroxyl groups is 2. The maximum atomic E-state index is 13.9. The highest BCUT2D eigenvalue weighted by molar-refractivity contribution is 6.15. The lowest BCUT2D eigenvalue weighted by Gasteiger charge is -2.39. The van der Waals surface area contributed by atoms with Crippen molar-refractivity contribution in [2.75, 3.05) is 0 Å². The van der Waals surface area contributed by atoms with Crippen molar-refractivity contribution in [1.29, 1.82) is 0 Å². The van der Waals surface area contributed by atoms with Crippen LogP contribution in [0.2, 0.25) is 0 Å². The van der Waals surface area contributed by atoms with E-state index < -0.39 is 71.6 Å². The summed E-state index contributed by atoms with van der Waals surface area (Å²) in [5, 5.41) is 44.4. The number of aliphatic hydroxyl groups excluding tert-OH is 1. The van der Waals surface area contributed by atoms with Gasteiger partial charge in [-0.1, -0.05) is 0 Å². The van der Waals surface area contributed by atoms with Crippen LogP contribution in [0.3, 0.4) is 0 Å². The van der Waals surface area contributed by atoms with Crippen molar-refractivity contribution in [2.24, 2.45) is 0 Å². The minimum Gasteiger partial charge on any atom is -0.507 e. The Labute approximate surface area is 186 Å².